The summed E-state index contributed by atoms with van der Waals surface area (Å²) < 4.78 is 10.8. The number of ketones is 1. The van der Waals surface area contributed by atoms with Gasteiger partial charge in [0.25, 0.3) is 0 Å². The van der Waals surface area contributed by atoms with Crippen molar-refractivity contribution >= 4 is 17.9 Å². The van der Waals surface area contributed by atoms with Gasteiger partial charge in [0.15, 0.2) is 5.78 Å². The van der Waals surface area contributed by atoms with E-state index in [4.69, 9.17) is 19.0 Å². The fourth-order valence-corrected chi connectivity index (χ4v) is 2.64. The van der Waals surface area contributed by atoms with Crippen LogP contribution in [0.25, 0.3) is 12.2 Å². The third-order valence-electron chi connectivity index (χ3n) is 3.79. The third kappa shape index (κ3) is 3.52. The minimum Gasteiger partial charge on any atom is -0.459 e. The molecule has 3 rings (SSSR count). The highest BCUT2D eigenvalue weighted by molar-refractivity contribution is 6.13. The lowest BCUT2D eigenvalue weighted by atomic mass is 9.88. The van der Waals surface area contributed by atoms with Crippen molar-refractivity contribution in [3.8, 4) is 0 Å². The highest BCUT2D eigenvalue weighted by atomic mass is 16.4. The monoisotopic (exact) mass is 314 g/mol. The molecule has 2 N–H and O–H groups in total. The summed E-state index contributed by atoms with van der Waals surface area (Å²) >= 11 is 0. The Hall–Kier alpha value is -2.37. The van der Waals surface area contributed by atoms with E-state index in [1.165, 1.54) is 0 Å². The number of hydrogen-bond donors (Lipinski definition) is 2. The smallest absolute Gasteiger partial charge is 0.185 e. The number of aliphatic hydroxyl groups excluding tert-OH is 2. The van der Waals surface area contributed by atoms with E-state index in [1.54, 1.807) is 36.4 Å². The summed E-state index contributed by atoms with van der Waals surface area (Å²) in [6, 6.07) is 6.86. The second kappa shape index (κ2) is 6.81. The molecule has 0 bridgehead atoms. The number of aliphatic hydroxyl groups is 2. The van der Waals surface area contributed by atoms with Crippen molar-refractivity contribution in [2.75, 3.05) is 0 Å². The topological polar surface area (TPSA) is 83.8 Å². The summed E-state index contributed by atoms with van der Waals surface area (Å²) in [4.78, 5) is 12.6. The van der Waals surface area contributed by atoms with Crippen LogP contribution in [0.15, 0.2) is 44.2 Å². The van der Waals surface area contributed by atoms with E-state index < -0.39 is 0 Å². The minimum absolute atomic E-state index is 0.0138. The summed E-state index contributed by atoms with van der Waals surface area (Å²) in [6.07, 6.45) is 5.74. The molecular formula is C18H18O5. The Morgan fingerprint density at radius 3 is 1.74 bits per heavy atom. The Balaban J connectivity index is 1.82. The fourth-order valence-electron chi connectivity index (χ4n) is 2.64. The van der Waals surface area contributed by atoms with Gasteiger partial charge in [-0.25, -0.2) is 0 Å². The second-order valence-corrected chi connectivity index (χ2v) is 5.45. The Kier molecular flexibility index (Phi) is 4.60. The van der Waals surface area contributed by atoms with Crippen molar-refractivity contribution in [1.29, 1.82) is 0 Å². The van der Waals surface area contributed by atoms with E-state index in [0.717, 1.165) is 6.42 Å². The van der Waals surface area contributed by atoms with Crippen LogP contribution >= 0.6 is 0 Å². The average molecular weight is 314 g/mol. The van der Waals surface area contributed by atoms with Gasteiger partial charge in [0.1, 0.15) is 36.3 Å². The van der Waals surface area contributed by atoms with Crippen LogP contribution in [0.3, 0.4) is 0 Å². The molecule has 1 aliphatic rings. The molecule has 2 aromatic rings. The maximum atomic E-state index is 12.6. The predicted octanol–water partition coefficient (Wildman–Crippen LogP) is 3.08. The van der Waals surface area contributed by atoms with Crippen LogP contribution < -0.4 is 0 Å². The van der Waals surface area contributed by atoms with Crippen molar-refractivity contribution in [1.82, 2.24) is 0 Å². The molecule has 0 spiro atoms. The van der Waals surface area contributed by atoms with Crippen molar-refractivity contribution < 1.29 is 23.8 Å². The van der Waals surface area contributed by atoms with E-state index in [1.807, 2.05) is 0 Å². The quantitative estimate of drug-likeness (QED) is 0.847. The molecule has 1 saturated carbocycles. The number of carbonyl (C=O) groups is 1. The molecule has 2 aromatic heterocycles. The summed E-state index contributed by atoms with van der Waals surface area (Å²) in [6.45, 7) is -0.318. The maximum absolute atomic E-state index is 12.6. The number of Topliss-reactive ketones (excluding diaryl/α,β-unsaturated/α-hetero) is 1. The molecular weight excluding hydrogens is 296 g/mol. The van der Waals surface area contributed by atoms with E-state index in [9.17, 15) is 4.79 Å². The molecule has 0 amide bonds. The highest BCUT2D eigenvalue weighted by Crippen LogP contribution is 2.28. The van der Waals surface area contributed by atoms with Crippen LogP contribution in [-0.4, -0.2) is 16.0 Å². The van der Waals surface area contributed by atoms with Gasteiger partial charge in [-0.05, 0) is 55.7 Å². The van der Waals surface area contributed by atoms with Crippen LogP contribution in [0.1, 0.15) is 42.3 Å². The first-order valence-electron chi connectivity index (χ1n) is 7.54. The first kappa shape index (κ1) is 15.5. The van der Waals surface area contributed by atoms with Gasteiger partial charge < -0.3 is 19.0 Å². The molecule has 5 nitrogen and oxygen atoms in total. The molecule has 0 aromatic carbocycles. The number of allylic oxidation sites excluding steroid dienone is 2. The SMILES string of the molecule is O=C1/C(=C/c2ccc(CO)o2)CCC/C1=C\c1ccc(CO)o1. The molecule has 1 fully saturated rings. The maximum Gasteiger partial charge on any atom is 0.185 e. The van der Waals surface area contributed by atoms with Gasteiger partial charge in [-0.15, -0.1) is 0 Å². The van der Waals surface area contributed by atoms with Crippen LogP contribution in [0.4, 0.5) is 0 Å². The van der Waals surface area contributed by atoms with Gasteiger partial charge in [-0.3, -0.25) is 4.79 Å². The summed E-state index contributed by atoms with van der Waals surface area (Å²) in [7, 11) is 0. The predicted molar refractivity (Wildman–Crippen MR) is 84.1 cm³/mol. The largest absolute Gasteiger partial charge is 0.459 e. The fraction of sp³-hybridized carbons (Fsp3) is 0.278. The first-order valence-corrected chi connectivity index (χ1v) is 7.54. The standard InChI is InChI=1S/C18H18O5/c19-10-16-6-4-14(22-16)8-12-2-1-3-13(18(12)21)9-15-5-7-17(11-20)23-15/h4-9,19-20H,1-3,10-11H2/b12-8+,13-9+. The summed E-state index contributed by atoms with van der Waals surface area (Å²) in [5, 5.41) is 18.0. The lowest BCUT2D eigenvalue weighted by molar-refractivity contribution is -0.112. The Morgan fingerprint density at radius 1 is 0.870 bits per heavy atom. The summed E-state index contributed by atoms with van der Waals surface area (Å²) in [5.74, 6) is 2.07. The number of hydrogen-bond acceptors (Lipinski definition) is 5. The molecule has 0 radical (unpaired) electrons. The van der Waals surface area contributed by atoms with Crippen LogP contribution in [-0.2, 0) is 18.0 Å². The van der Waals surface area contributed by atoms with Crippen molar-refractivity contribution in [3.63, 3.8) is 0 Å². The van der Waals surface area contributed by atoms with Gasteiger partial charge >= 0.3 is 0 Å². The van der Waals surface area contributed by atoms with E-state index in [2.05, 4.69) is 0 Å². The molecule has 5 heteroatoms. The van der Waals surface area contributed by atoms with Crippen LogP contribution in [0, 0.1) is 0 Å². The van der Waals surface area contributed by atoms with Gasteiger partial charge in [0.05, 0.1) is 0 Å². The van der Waals surface area contributed by atoms with Crippen LogP contribution in [0.5, 0.6) is 0 Å². The molecule has 0 aliphatic heterocycles. The zero-order valence-electron chi connectivity index (χ0n) is 12.6. The number of rotatable bonds is 4. The Bertz CT molecular complexity index is 698. The first-order chi connectivity index (χ1) is 11.2. The normalized spacial score (nSPS) is 19.0. The number of carbonyl (C=O) groups excluding carboxylic acids is 1. The number of furan rings is 2. The second-order valence-electron chi connectivity index (χ2n) is 5.45. The van der Waals surface area contributed by atoms with Gasteiger partial charge in [-0.1, -0.05) is 0 Å². The molecule has 1 aliphatic carbocycles. The van der Waals surface area contributed by atoms with Gasteiger partial charge in [-0.2, -0.15) is 0 Å². The van der Waals surface area contributed by atoms with Gasteiger partial charge in [0.2, 0.25) is 0 Å². The average Bonchev–Trinajstić information content (AvgIpc) is 3.20. The Morgan fingerprint density at radius 2 is 1.35 bits per heavy atom. The molecule has 23 heavy (non-hydrogen) atoms. The lowest BCUT2D eigenvalue weighted by Gasteiger charge is -2.15. The molecule has 120 valence electrons. The van der Waals surface area contributed by atoms with Crippen LogP contribution in [0.2, 0.25) is 0 Å². The third-order valence-corrected chi connectivity index (χ3v) is 3.79. The van der Waals surface area contributed by atoms with Crippen molar-refractivity contribution in [2.45, 2.75) is 32.5 Å². The van der Waals surface area contributed by atoms with E-state index in [-0.39, 0.29) is 19.0 Å². The van der Waals surface area contributed by atoms with E-state index in [0.29, 0.717) is 47.0 Å². The molecule has 0 atom stereocenters. The zero-order chi connectivity index (χ0) is 16.2. The minimum atomic E-state index is -0.159. The van der Waals surface area contributed by atoms with Gasteiger partial charge in [0, 0.05) is 11.1 Å². The lowest BCUT2D eigenvalue weighted by Crippen LogP contribution is -2.12. The van der Waals surface area contributed by atoms with Crippen molar-refractivity contribution in [3.05, 3.63) is 58.5 Å². The molecule has 2 heterocycles. The zero-order valence-corrected chi connectivity index (χ0v) is 12.6. The van der Waals surface area contributed by atoms with Crippen molar-refractivity contribution in [2.24, 2.45) is 0 Å². The van der Waals surface area contributed by atoms with E-state index >= 15 is 0 Å². The summed E-state index contributed by atoms with van der Waals surface area (Å²) in [5.41, 5.74) is 1.38. The molecule has 0 unspecified atom stereocenters. The Labute approximate surface area is 133 Å². The highest BCUT2D eigenvalue weighted by Gasteiger charge is 2.21. The molecule has 0 saturated heterocycles.